The number of rotatable bonds is 6. The van der Waals surface area contributed by atoms with Gasteiger partial charge in [-0.3, -0.25) is 19.4 Å². The zero-order valence-electron chi connectivity index (χ0n) is 11.8. The van der Waals surface area contributed by atoms with Crippen LogP contribution in [0.5, 0.6) is 0 Å². The maximum absolute atomic E-state index is 12.2. The summed E-state index contributed by atoms with van der Waals surface area (Å²) in [5.41, 5.74) is 0. The van der Waals surface area contributed by atoms with Gasteiger partial charge in [0.05, 0.1) is 12.5 Å². The molecule has 7 nitrogen and oxygen atoms in total. The van der Waals surface area contributed by atoms with Crippen LogP contribution in [-0.4, -0.2) is 59.7 Å². The first kappa shape index (κ1) is 16.1. The highest BCUT2D eigenvalue weighted by atomic mass is 16.4. The highest BCUT2D eigenvalue weighted by molar-refractivity contribution is 5.90. The summed E-state index contributed by atoms with van der Waals surface area (Å²) >= 11 is 0. The second kappa shape index (κ2) is 7.62. The van der Waals surface area contributed by atoms with Crippen molar-refractivity contribution in [3.63, 3.8) is 0 Å². The van der Waals surface area contributed by atoms with Gasteiger partial charge >= 0.3 is 5.97 Å². The van der Waals surface area contributed by atoms with Gasteiger partial charge in [0.25, 0.3) is 0 Å². The van der Waals surface area contributed by atoms with Crippen molar-refractivity contribution >= 4 is 24.0 Å². The predicted molar refractivity (Wildman–Crippen MR) is 73.6 cm³/mol. The zero-order valence-corrected chi connectivity index (χ0v) is 11.8. The molecule has 1 aliphatic heterocycles. The molecule has 0 aromatic rings. The quantitative estimate of drug-likeness (QED) is 0.673. The van der Waals surface area contributed by atoms with Crippen LogP contribution in [0.2, 0.25) is 0 Å². The van der Waals surface area contributed by atoms with Crippen LogP contribution < -0.4 is 5.32 Å². The first-order valence-electron chi connectivity index (χ1n) is 6.69. The normalized spacial score (nSPS) is 20.1. The highest BCUT2D eigenvalue weighted by Gasteiger charge is 2.30. The van der Waals surface area contributed by atoms with E-state index in [-0.39, 0.29) is 24.8 Å². The average Bonchev–Trinajstić information content (AvgIpc) is 2.84. The average molecular weight is 283 g/mol. The molecule has 0 radical (unpaired) electrons. The van der Waals surface area contributed by atoms with Gasteiger partial charge in [0.2, 0.25) is 11.8 Å². The van der Waals surface area contributed by atoms with Gasteiger partial charge in [0.15, 0.2) is 0 Å². The smallest absolute Gasteiger partial charge is 0.303 e. The molecule has 20 heavy (non-hydrogen) atoms. The third-order valence-corrected chi connectivity index (χ3v) is 3.22. The van der Waals surface area contributed by atoms with E-state index in [0.29, 0.717) is 6.54 Å². The molecule has 0 aromatic carbocycles. The number of aliphatic imine (C=N–C) groups is 1. The Labute approximate surface area is 118 Å². The van der Waals surface area contributed by atoms with Gasteiger partial charge in [0.1, 0.15) is 6.04 Å². The van der Waals surface area contributed by atoms with E-state index in [2.05, 4.69) is 10.3 Å². The van der Waals surface area contributed by atoms with E-state index in [4.69, 9.17) is 5.11 Å². The number of carboxylic acid groups (broad SMARTS) is 1. The summed E-state index contributed by atoms with van der Waals surface area (Å²) < 4.78 is 0. The molecule has 1 aliphatic rings. The van der Waals surface area contributed by atoms with E-state index in [1.165, 1.54) is 0 Å². The number of hydrogen-bond acceptors (Lipinski definition) is 4. The van der Waals surface area contributed by atoms with E-state index in [1.54, 1.807) is 25.1 Å². The number of nitrogens with one attached hydrogen (secondary N) is 1. The predicted octanol–water partition coefficient (Wildman–Crippen LogP) is 0.0475. The Balaban J connectivity index is 2.49. The van der Waals surface area contributed by atoms with E-state index < -0.39 is 17.9 Å². The maximum Gasteiger partial charge on any atom is 0.303 e. The van der Waals surface area contributed by atoms with E-state index >= 15 is 0 Å². The Kier molecular flexibility index (Phi) is 6.14. The summed E-state index contributed by atoms with van der Waals surface area (Å²) in [5.74, 6) is -1.61. The minimum Gasteiger partial charge on any atom is -0.481 e. The minimum atomic E-state index is -1.03. The number of carboxylic acids is 1. The number of likely N-dealkylation sites (tertiary alicyclic amines) is 1. The molecule has 0 saturated carbocycles. The molecule has 0 bridgehead atoms. The second-order valence-electron chi connectivity index (χ2n) is 4.83. The third kappa shape index (κ3) is 4.64. The Bertz CT molecular complexity index is 408. The summed E-state index contributed by atoms with van der Waals surface area (Å²) in [6.07, 6.45) is 3.18. The van der Waals surface area contributed by atoms with Crippen molar-refractivity contribution in [1.29, 1.82) is 0 Å². The fourth-order valence-corrected chi connectivity index (χ4v) is 2.24. The van der Waals surface area contributed by atoms with Crippen LogP contribution >= 0.6 is 0 Å². The molecule has 2 unspecified atom stereocenters. The monoisotopic (exact) mass is 283 g/mol. The number of nitrogens with zero attached hydrogens (tertiary/aromatic N) is 2. The van der Waals surface area contributed by atoms with Gasteiger partial charge in [0, 0.05) is 26.2 Å². The number of aliphatic carboxylic acids is 1. The molecule has 0 aromatic heterocycles. The molecule has 1 heterocycles. The summed E-state index contributed by atoms with van der Waals surface area (Å²) in [4.78, 5) is 39.8. The Morgan fingerprint density at radius 2 is 2.15 bits per heavy atom. The minimum absolute atomic E-state index is 0.00845. The number of carbonyl (C=O) groups excluding carboxylic acids is 2. The van der Waals surface area contributed by atoms with Crippen molar-refractivity contribution in [1.82, 2.24) is 10.2 Å². The second-order valence-corrected chi connectivity index (χ2v) is 4.83. The summed E-state index contributed by atoms with van der Waals surface area (Å²) in [7, 11) is 1.66. The molecule has 1 saturated heterocycles. The molecule has 1 rings (SSSR count). The summed E-state index contributed by atoms with van der Waals surface area (Å²) in [6, 6.07) is -0.659. The van der Waals surface area contributed by atoms with Crippen LogP contribution in [-0.2, 0) is 14.4 Å². The lowest BCUT2D eigenvalue weighted by molar-refractivity contribution is -0.139. The SMILES string of the molecule is CN=CC1CCCN1C(=O)C(C)NC(=O)CCC(=O)O. The standard InChI is InChI=1S/C13H21N3O4/c1-9(15-11(17)5-6-12(18)19)13(20)16-7-3-4-10(16)8-14-2/h8-10H,3-7H2,1-2H3,(H,15,17)(H,18,19). The highest BCUT2D eigenvalue weighted by Crippen LogP contribution is 2.16. The molecule has 7 heteroatoms. The van der Waals surface area contributed by atoms with Gasteiger partial charge in [-0.2, -0.15) is 0 Å². The van der Waals surface area contributed by atoms with Crippen LogP contribution in [0, 0.1) is 0 Å². The molecule has 0 aliphatic carbocycles. The number of amides is 2. The maximum atomic E-state index is 12.2. The molecule has 2 N–H and O–H groups in total. The first-order valence-corrected chi connectivity index (χ1v) is 6.69. The van der Waals surface area contributed by atoms with Crippen LogP contribution in [0.1, 0.15) is 32.6 Å². The molecule has 2 atom stereocenters. The summed E-state index contributed by atoms with van der Waals surface area (Å²) in [6.45, 7) is 2.27. The van der Waals surface area contributed by atoms with Crippen LogP contribution in [0.4, 0.5) is 0 Å². The first-order chi connectivity index (χ1) is 9.45. The van der Waals surface area contributed by atoms with Crippen molar-refractivity contribution in [2.45, 2.75) is 44.7 Å². The Hall–Kier alpha value is -1.92. The molecule has 112 valence electrons. The van der Waals surface area contributed by atoms with Crippen molar-refractivity contribution < 1.29 is 19.5 Å². The van der Waals surface area contributed by atoms with E-state index in [1.807, 2.05) is 0 Å². The van der Waals surface area contributed by atoms with Gasteiger partial charge in [-0.1, -0.05) is 0 Å². The van der Waals surface area contributed by atoms with Crippen molar-refractivity contribution in [3.05, 3.63) is 0 Å². The number of carbonyl (C=O) groups is 3. The van der Waals surface area contributed by atoms with Gasteiger partial charge < -0.3 is 15.3 Å². The molecule has 1 fully saturated rings. The lowest BCUT2D eigenvalue weighted by atomic mass is 10.2. The van der Waals surface area contributed by atoms with Crippen LogP contribution in [0.25, 0.3) is 0 Å². The lowest BCUT2D eigenvalue weighted by Gasteiger charge is -2.25. The van der Waals surface area contributed by atoms with E-state index in [0.717, 1.165) is 12.8 Å². The Morgan fingerprint density at radius 1 is 1.45 bits per heavy atom. The molecule has 2 amide bonds. The van der Waals surface area contributed by atoms with Crippen LogP contribution in [0.3, 0.4) is 0 Å². The fourth-order valence-electron chi connectivity index (χ4n) is 2.24. The van der Waals surface area contributed by atoms with Crippen molar-refractivity contribution in [3.8, 4) is 0 Å². The van der Waals surface area contributed by atoms with Crippen molar-refractivity contribution in [2.75, 3.05) is 13.6 Å². The molecular weight excluding hydrogens is 262 g/mol. The summed E-state index contributed by atoms with van der Waals surface area (Å²) in [5, 5.41) is 11.0. The molecular formula is C13H21N3O4. The van der Waals surface area contributed by atoms with Gasteiger partial charge in [-0.25, -0.2) is 0 Å². The Morgan fingerprint density at radius 3 is 2.75 bits per heavy atom. The largest absolute Gasteiger partial charge is 0.481 e. The van der Waals surface area contributed by atoms with Gasteiger partial charge in [-0.05, 0) is 19.8 Å². The zero-order chi connectivity index (χ0) is 15.1. The third-order valence-electron chi connectivity index (χ3n) is 3.22. The van der Waals surface area contributed by atoms with Crippen molar-refractivity contribution in [2.24, 2.45) is 4.99 Å². The molecule has 0 spiro atoms. The van der Waals surface area contributed by atoms with E-state index in [9.17, 15) is 14.4 Å². The number of hydrogen-bond donors (Lipinski definition) is 2. The topological polar surface area (TPSA) is 99.1 Å². The van der Waals surface area contributed by atoms with Gasteiger partial charge in [-0.15, -0.1) is 0 Å². The fraction of sp³-hybridized carbons (Fsp3) is 0.692. The lowest BCUT2D eigenvalue weighted by Crippen LogP contribution is -2.49. The van der Waals surface area contributed by atoms with Crippen LogP contribution in [0.15, 0.2) is 4.99 Å².